The molecule has 1 aromatic carbocycles. The fraction of sp³-hybridized carbons (Fsp3) is 0.429. The standard InChI is InChI=1S/C14H15ClFN3O/c15-10-7-8(5-6-11(10)16)13-18-14(20-19-13)9-3-1-2-4-12(9)17/h5-7,9,12H,1-4,17H2. The summed E-state index contributed by atoms with van der Waals surface area (Å²) in [5.74, 6) is 0.627. The van der Waals surface area contributed by atoms with Crippen LogP contribution in [0.15, 0.2) is 22.7 Å². The smallest absolute Gasteiger partial charge is 0.231 e. The summed E-state index contributed by atoms with van der Waals surface area (Å²) in [6.45, 7) is 0. The van der Waals surface area contributed by atoms with Crippen LogP contribution < -0.4 is 5.73 Å². The van der Waals surface area contributed by atoms with Gasteiger partial charge in [-0.25, -0.2) is 4.39 Å². The molecule has 20 heavy (non-hydrogen) atoms. The molecule has 2 atom stereocenters. The molecule has 1 aliphatic rings. The molecule has 1 fully saturated rings. The molecular weight excluding hydrogens is 281 g/mol. The number of nitrogens with zero attached hydrogens (tertiary/aromatic N) is 2. The van der Waals surface area contributed by atoms with Crippen LogP contribution in [-0.2, 0) is 0 Å². The topological polar surface area (TPSA) is 64.9 Å². The summed E-state index contributed by atoms with van der Waals surface area (Å²) in [5.41, 5.74) is 6.74. The second-order valence-electron chi connectivity index (χ2n) is 5.14. The average molecular weight is 296 g/mol. The van der Waals surface area contributed by atoms with Gasteiger partial charge < -0.3 is 10.3 Å². The van der Waals surface area contributed by atoms with Gasteiger partial charge in [0.15, 0.2) is 0 Å². The van der Waals surface area contributed by atoms with Gasteiger partial charge in [-0.2, -0.15) is 4.98 Å². The first-order chi connectivity index (χ1) is 9.65. The van der Waals surface area contributed by atoms with Crippen molar-refractivity contribution in [3.63, 3.8) is 0 Å². The highest BCUT2D eigenvalue weighted by Gasteiger charge is 2.28. The maximum absolute atomic E-state index is 13.1. The summed E-state index contributed by atoms with van der Waals surface area (Å²) in [6.07, 6.45) is 4.21. The first-order valence-corrected chi connectivity index (χ1v) is 7.07. The first-order valence-electron chi connectivity index (χ1n) is 6.70. The fourth-order valence-corrected chi connectivity index (χ4v) is 2.78. The highest BCUT2D eigenvalue weighted by Crippen LogP contribution is 2.32. The zero-order chi connectivity index (χ0) is 14.1. The maximum Gasteiger partial charge on any atom is 0.231 e. The highest BCUT2D eigenvalue weighted by molar-refractivity contribution is 6.31. The average Bonchev–Trinajstić information content (AvgIpc) is 2.92. The summed E-state index contributed by atoms with van der Waals surface area (Å²) in [5, 5.41) is 3.99. The lowest BCUT2D eigenvalue weighted by Gasteiger charge is -2.25. The van der Waals surface area contributed by atoms with Gasteiger partial charge in [0.1, 0.15) is 5.82 Å². The van der Waals surface area contributed by atoms with E-state index < -0.39 is 5.82 Å². The summed E-state index contributed by atoms with van der Waals surface area (Å²) in [6, 6.07) is 4.43. The second-order valence-corrected chi connectivity index (χ2v) is 5.55. The molecule has 0 spiro atoms. The lowest BCUT2D eigenvalue weighted by Crippen LogP contribution is -2.31. The highest BCUT2D eigenvalue weighted by atomic mass is 35.5. The molecule has 1 heterocycles. The van der Waals surface area contributed by atoms with E-state index in [1.165, 1.54) is 12.1 Å². The van der Waals surface area contributed by atoms with Gasteiger partial charge in [-0.05, 0) is 31.0 Å². The molecule has 0 radical (unpaired) electrons. The van der Waals surface area contributed by atoms with Crippen LogP contribution in [0.1, 0.15) is 37.5 Å². The first kappa shape index (κ1) is 13.5. The number of halogens is 2. The quantitative estimate of drug-likeness (QED) is 0.920. The van der Waals surface area contributed by atoms with Gasteiger partial charge in [0, 0.05) is 11.6 Å². The summed E-state index contributed by atoms with van der Waals surface area (Å²) in [4.78, 5) is 4.39. The van der Waals surface area contributed by atoms with Crippen molar-refractivity contribution in [2.75, 3.05) is 0 Å². The van der Waals surface area contributed by atoms with Crippen molar-refractivity contribution in [1.82, 2.24) is 10.1 Å². The fourth-order valence-electron chi connectivity index (χ4n) is 2.60. The second kappa shape index (κ2) is 5.50. The number of rotatable bonds is 2. The number of aromatic nitrogens is 2. The molecule has 4 nitrogen and oxygen atoms in total. The normalized spacial score (nSPS) is 22.9. The Bertz CT molecular complexity index is 616. The van der Waals surface area contributed by atoms with E-state index in [1.807, 2.05) is 0 Å². The van der Waals surface area contributed by atoms with Gasteiger partial charge >= 0.3 is 0 Å². The molecule has 1 aliphatic carbocycles. The zero-order valence-corrected chi connectivity index (χ0v) is 11.6. The summed E-state index contributed by atoms with van der Waals surface area (Å²) in [7, 11) is 0. The molecule has 106 valence electrons. The third-order valence-corrected chi connectivity index (χ3v) is 4.05. The lowest BCUT2D eigenvalue weighted by atomic mass is 9.85. The number of hydrogen-bond donors (Lipinski definition) is 1. The zero-order valence-electron chi connectivity index (χ0n) is 10.9. The molecular formula is C14H15ClFN3O. The van der Waals surface area contributed by atoms with Crippen molar-refractivity contribution >= 4 is 11.6 Å². The molecule has 3 rings (SSSR count). The Hall–Kier alpha value is -1.46. The van der Waals surface area contributed by atoms with Crippen molar-refractivity contribution < 1.29 is 8.91 Å². The molecule has 0 bridgehead atoms. The van der Waals surface area contributed by atoms with Gasteiger partial charge in [-0.15, -0.1) is 0 Å². The number of hydrogen-bond acceptors (Lipinski definition) is 4. The van der Waals surface area contributed by atoms with E-state index in [-0.39, 0.29) is 17.0 Å². The molecule has 1 saturated carbocycles. The largest absolute Gasteiger partial charge is 0.339 e. The van der Waals surface area contributed by atoms with Gasteiger partial charge in [-0.3, -0.25) is 0 Å². The monoisotopic (exact) mass is 295 g/mol. The van der Waals surface area contributed by atoms with Crippen LogP contribution in [-0.4, -0.2) is 16.2 Å². The minimum Gasteiger partial charge on any atom is -0.339 e. The molecule has 2 unspecified atom stereocenters. The Morgan fingerprint density at radius 1 is 1.30 bits per heavy atom. The van der Waals surface area contributed by atoms with E-state index in [4.69, 9.17) is 21.9 Å². The van der Waals surface area contributed by atoms with E-state index in [0.29, 0.717) is 17.3 Å². The van der Waals surface area contributed by atoms with E-state index >= 15 is 0 Å². The molecule has 0 saturated heterocycles. The molecule has 0 aliphatic heterocycles. The third-order valence-electron chi connectivity index (χ3n) is 3.76. The Balaban J connectivity index is 1.87. The van der Waals surface area contributed by atoms with Crippen molar-refractivity contribution in [3.05, 3.63) is 34.9 Å². The minimum absolute atomic E-state index is 0.0446. The Morgan fingerprint density at radius 3 is 2.85 bits per heavy atom. The van der Waals surface area contributed by atoms with E-state index in [2.05, 4.69) is 10.1 Å². The van der Waals surface area contributed by atoms with Gasteiger partial charge in [-0.1, -0.05) is 29.6 Å². The molecule has 2 N–H and O–H groups in total. The van der Waals surface area contributed by atoms with Crippen LogP contribution in [0.5, 0.6) is 0 Å². The third kappa shape index (κ3) is 2.55. The van der Waals surface area contributed by atoms with E-state index in [0.717, 1.165) is 25.7 Å². The van der Waals surface area contributed by atoms with Crippen LogP contribution >= 0.6 is 11.6 Å². The molecule has 0 amide bonds. The van der Waals surface area contributed by atoms with E-state index in [9.17, 15) is 4.39 Å². The SMILES string of the molecule is NC1CCCCC1c1nc(-c2ccc(F)c(Cl)c2)no1. The van der Waals surface area contributed by atoms with Crippen molar-refractivity contribution in [2.45, 2.75) is 37.6 Å². The Morgan fingerprint density at radius 2 is 2.10 bits per heavy atom. The predicted molar refractivity (Wildman–Crippen MR) is 73.9 cm³/mol. The molecule has 2 aromatic rings. The van der Waals surface area contributed by atoms with Crippen molar-refractivity contribution in [1.29, 1.82) is 0 Å². The van der Waals surface area contributed by atoms with Crippen LogP contribution in [0.4, 0.5) is 4.39 Å². The van der Waals surface area contributed by atoms with Gasteiger partial charge in [0.25, 0.3) is 0 Å². The Kier molecular flexibility index (Phi) is 3.72. The van der Waals surface area contributed by atoms with E-state index in [1.54, 1.807) is 6.07 Å². The molecule has 6 heteroatoms. The maximum atomic E-state index is 13.1. The lowest BCUT2D eigenvalue weighted by molar-refractivity contribution is 0.290. The van der Waals surface area contributed by atoms with Crippen LogP contribution in [0.3, 0.4) is 0 Å². The Labute approximate surface area is 121 Å². The minimum atomic E-state index is -0.464. The number of nitrogens with two attached hydrogens (primary N) is 1. The van der Waals surface area contributed by atoms with Crippen LogP contribution in [0.2, 0.25) is 5.02 Å². The van der Waals surface area contributed by atoms with Gasteiger partial charge in [0.2, 0.25) is 11.7 Å². The van der Waals surface area contributed by atoms with Crippen LogP contribution in [0, 0.1) is 5.82 Å². The summed E-state index contributed by atoms with van der Waals surface area (Å²) < 4.78 is 18.5. The molecule has 1 aromatic heterocycles. The summed E-state index contributed by atoms with van der Waals surface area (Å²) >= 11 is 5.76. The number of benzene rings is 1. The van der Waals surface area contributed by atoms with Crippen molar-refractivity contribution in [2.24, 2.45) is 5.73 Å². The van der Waals surface area contributed by atoms with Crippen molar-refractivity contribution in [3.8, 4) is 11.4 Å². The van der Waals surface area contributed by atoms with Gasteiger partial charge in [0.05, 0.1) is 10.9 Å². The predicted octanol–water partition coefficient (Wildman–Crippen LogP) is 3.51. The van der Waals surface area contributed by atoms with Crippen LogP contribution in [0.25, 0.3) is 11.4 Å².